The van der Waals surface area contributed by atoms with Crippen molar-refractivity contribution < 1.29 is 23.4 Å². The highest BCUT2D eigenvalue weighted by Gasteiger charge is 2.40. The Morgan fingerprint density at radius 3 is 2.61 bits per heavy atom. The van der Waals surface area contributed by atoms with E-state index in [0.29, 0.717) is 34.8 Å². The van der Waals surface area contributed by atoms with Crippen LogP contribution in [0.2, 0.25) is 0 Å². The van der Waals surface area contributed by atoms with Gasteiger partial charge in [-0.15, -0.1) is 0 Å². The number of aromatic hydroxyl groups is 1. The van der Waals surface area contributed by atoms with Gasteiger partial charge in [-0.25, -0.2) is 4.68 Å². The standard InChI is InChI=1S/C22H18F2N4O3/c23-21(24)31-18-8-4-2-6-14(18)20-19-15(27-22-25-11-26-28(20)22)9-12(10-17(19)30)13-5-1-3-7-16(13)29/h1-8,11-12,20-21,29H,9-10H2,(H,25,26,27)/t12-,20+/m1/s1. The average molecular weight is 424 g/mol. The Morgan fingerprint density at radius 2 is 1.84 bits per heavy atom. The molecular weight excluding hydrogens is 406 g/mol. The maximum absolute atomic E-state index is 13.3. The zero-order valence-corrected chi connectivity index (χ0v) is 16.2. The normalized spacial score (nSPS) is 20.3. The SMILES string of the molecule is O=C1C[C@H](c2ccccc2O)CC2=C1[C@H](c1ccccc1OC(F)F)n1ncnc1N2. The molecule has 2 heterocycles. The number of ether oxygens (including phenoxy) is 1. The number of halogens is 2. The predicted octanol–water partition coefficient (Wildman–Crippen LogP) is 4.00. The Bertz CT molecular complexity index is 1190. The first-order valence-corrected chi connectivity index (χ1v) is 9.77. The number of anilines is 1. The predicted molar refractivity (Wildman–Crippen MR) is 107 cm³/mol. The summed E-state index contributed by atoms with van der Waals surface area (Å²) < 4.78 is 32.3. The van der Waals surface area contributed by atoms with Crippen molar-refractivity contribution in [1.82, 2.24) is 14.8 Å². The molecule has 0 saturated carbocycles. The number of carbonyl (C=O) groups excluding carboxylic acids is 1. The first-order chi connectivity index (χ1) is 15.0. The van der Waals surface area contributed by atoms with Crippen molar-refractivity contribution in [3.05, 3.63) is 77.3 Å². The molecule has 0 saturated heterocycles. The molecule has 1 aliphatic carbocycles. The van der Waals surface area contributed by atoms with Crippen molar-refractivity contribution >= 4 is 11.7 Å². The number of alkyl halides is 2. The number of phenols is 1. The molecule has 1 aliphatic heterocycles. The lowest BCUT2D eigenvalue weighted by atomic mass is 9.77. The lowest BCUT2D eigenvalue weighted by molar-refractivity contribution is -0.116. The Balaban J connectivity index is 1.62. The second kappa shape index (κ2) is 7.50. The molecule has 9 heteroatoms. The second-order valence-corrected chi connectivity index (χ2v) is 7.45. The summed E-state index contributed by atoms with van der Waals surface area (Å²) in [6.07, 6.45) is 1.98. The van der Waals surface area contributed by atoms with Crippen molar-refractivity contribution in [3.8, 4) is 11.5 Å². The first kappa shape index (κ1) is 19.2. The van der Waals surface area contributed by atoms with Gasteiger partial charge < -0.3 is 15.2 Å². The molecule has 0 unspecified atom stereocenters. The van der Waals surface area contributed by atoms with Gasteiger partial charge in [0.05, 0.1) is 0 Å². The number of aromatic nitrogens is 3. The van der Waals surface area contributed by atoms with Crippen LogP contribution in [0, 0.1) is 0 Å². The van der Waals surface area contributed by atoms with Gasteiger partial charge in [-0.3, -0.25) is 4.79 Å². The fourth-order valence-corrected chi connectivity index (χ4v) is 4.40. The molecule has 2 N–H and O–H groups in total. The molecule has 2 aromatic carbocycles. The van der Waals surface area contributed by atoms with E-state index >= 15 is 0 Å². The van der Waals surface area contributed by atoms with Crippen LogP contribution in [0.25, 0.3) is 0 Å². The number of phenolic OH excluding ortho intramolecular Hbond substituents is 1. The number of nitrogens with zero attached hydrogens (tertiary/aromatic N) is 3. The Kier molecular flexibility index (Phi) is 4.65. The summed E-state index contributed by atoms with van der Waals surface area (Å²) in [5.74, 6) is 0.146. The molecule has 2 aliphatic rings. The number of Topliss-reactive ketones (excluding diaryl/α,β-unsaturated/α-hetero) is 1. The van der Waals surface area contributed by atoms with Crippen LogP contribution in [0.4, 0.5) is 14.7 Å². The summed E-state index contributed by atoms with van der Waals surface area (Å²) in [5, 5.41) is 17.6. The molecule has 0 spiro atoms. The summed E-state index contributed by atoms with van der Waals surface area (Å²) in [6, 6.07) is 12.6. The van der Waals surface area contributed by atoms with E-state index in [-0.39, 0.29) is 29.6 Å². The fraction of sp³-hybridized carbons (Fsp3) is 0.227. The summed E-state index contributed by atoms with van der Waals surface area (Å²) in [4.78, 5) is 17.6. The molecule has 158 valence electrons. The lowest BCUT2D eigenvalue weighted by Crippen LogP contribution is -2.33. The van der Waals surface area contributed by atoms with E-state index in [9.17, 15) is 18.7 Å². The molecular formula is C22H18F2N4O3. The highest BCUT2D eigenvalue weighted by Crippen LogP contribution is 2.46. The number of nitrogens with one attached hydrogen (secondary N) is 1. The van der Waals surface area contributed by atoms with Crippen molar-refractivity contribution in [2.24, 2.45) is 0 Å². The first-order valence-electron chi connectivity index (χ1n) is 9.77. The van der Waals surface area contributed by atoms with E-state index in [2.05, 4.69) is 15.4 Å². The maximum atomic E-state index is 13.3. The van der Waals surface area contributed by atoms with Crippen LogP contribution in [0.3, 0.4) is 0 Å². The molecule has 0 bridgehead atoms. The van der Waals surface area contributed by atoms with Crippen LogP contribution in [-0.4, -0.2) is 32.3 Å². The van der Waals surface area contributed by atoms with Crippen molar-refractivity contribution in [2.75, 3.05) is 5.32 Å². The van der Waals surface area contributed by atoms with Gasteiger partial charge in [-0.2, -0.15) is 18.9 Å². The van der Waals surface area contributed by atoms with E-state index in [1.54, 1.807) is 36.4 Å². The van der Waals surface area contributed by atoms with Crippen LogP contribution in [0.1, 0.15) is 35.9 Å². The van der Waals surface area contributed by atoms with E-state index in [1.165, 1.54) is 17.1 Å². The molecule has 0 amide bonds. The number of carbonyl (C=O) groups is 1. The smallest absolute Gasteiger partial charge is 0.387 e. The molecule has 0 radical (unpaired) electrons. The van der Waals surface area contributed by atoms with E-state index in [4.69, 9.17) is 4.74 Å². The maximum Gasteiger partial charge on any atom is 0.387 e. The lowest BCUT2D eigenvalue weighted by Gasteiger charge is -2.35. The minimum absolute atomic E-state index is 0.0201. The number of hydrogen-bond donors (Lipinski definition) is 2. The largest absolute Gasteiger partial charge is 0.508 e. The van der Waals surface area contributed by atoms with Gasteiger partial charge in [0.25, 0.3) is 0 Å². The number of benzene rings is 2. The molecule has 0 fully saturated rings. The monoisotopic (exact) mass is 424 g/mol. The number of para-hydroxylation sites is 2. The van der Waals surface area contributed by atoms with E-state index in [0.717, 1.165) is 0 Å². The minimum Gasteiger partial charge on any atom is -0.508 e. The zero-order chi connectivity index (χ0) is 21.5. The van der Waals surface area contributed by atoms with Crippen molar-refractivity contribution in [3.63, 3.8) is 0 Å². The van der Waals surface area contributed by atoms with Crippen molar-refractivity contribution in [1.29, 1.82) is 0 Å². The molecule has 3 aromatic rings. The van der Waals surface area contributed by atoms with Gasteiger partial charge in [-0.1, -0.05) is 36.4 Å². The molecule has 7 nitrogen and oxygen atoms in total. The molecule has 31 heavy (non-hydrogen) atoms. The highest BCUT2D eigenvalue weighted by molar-refractivity contribution is 6.00. The van der Waals surface area contributed by atoms with Gasteiger partial charge in [0.1, 0.15) is 23.9 Å². The number of allylic oxidation sites excluding steroid dienone is 2. The van der Waals surface area contributed by atoms with Crippen LogP contribution in [-0.2, 0) is 4.79 Å². The molecule has 5 rings (SSSR count). The van der Waals surface area contributed by atoms with E-state index in [1.807, 2.05) is 6.07 Å². The fourth-order valence-electron chi connectivity index (χ4n) is 4.40. The average Bonchev–Trinajstić information content (AvgIpc) is 3.21. The minimum atomic E-state index is -3.00. The van der Waals surface area contributed by atoms with Crippen LogP contribution in [0.5, 0.6) is 11.5 Å². The number of rotatable bonds is 4. The Labute approximate surface area is 176 Å². The third-order valence-electron chi connectivity index (χ3n) is 5.67. The number of fused-ring (bicyclic) bond motifs is 1. The van der Waals surface area contributed by atoms with E-state index < -0.39 is 12.7 Å². The van der Waals surface area contributed by atoms with Gasteiger partial charge in [0, 0.05) is 29.2 Å². The van der Waals surface area contributed by atoms with Crippen LogP contribution >= 0.6 is 0 Å². The quantitative estimate of drug-likeness (QED) is 0.658. The highest BCUT2D eigenvalue weighted by atomic mass is 19.3. The molecule has 2 atom stereocenters. The molecule has 1 aromatic heterocycles. The number of hydrogen-bond acceptors (Lipinski definition) is 6. The van der Waals surface area contributed by atoms with Crippen LogP contribution < -0.4 is 10.1 Å². The summed E-state index contributed by atoms with van der Waals surface area (Å²) in [7, 11) is 0. The van der Waals surface area contributed by atoms with Gasteiger partial charge >= 0.3 is 6.61 Å². The second-order valence-electron chi connectivity index (χ2n) is 7.45. The topological polar surface area (TPSA) is 89.3 Å². The van der Waals surface area contributed by atoms with Gasteiger partial charge in [0.2, 0.25) is 5.95 Å². The summed E-state index contributed by atoms with van der Waals surface area (Å²) >= 11 is 0. The summed E-state index contributed by atoms with van der Waals surface area (Å²) in [5.41, 5.74) is 2.17. The third kappa shape index (κ3) is 3.31. The number of ketones is 1. The third-order valence-corrected chi connectivity index (χ3v) is 5.67. The van der Waals surface area contributed by atoms with Gasteiger partial charge in [-0.05, 0) is 24.1 Å². The van der Waals surface area contributed by atoms with Crippen LogP contribution in [0.15, 0.2) is 66.1 Å². The van der Waals surface area contributed by atoms with Gasteiger partial charge in [0.15, 0.2) is 5.78 Å². The van der Waals surface area contributed by atoms with Crippen molar-refractivity contribution in [2.45, 2.75) is 31.4 Å². The zero-order valence-electron chi connectivity index (χ0n) is 16.2. The summed E-state index contributed by atoms with van der Waals surface area (Å²) in [6.45, 7) is -3.00. The Hall–Kier alpha value is -3.75. The Morgan fingerprint density at radius 1 is 1.10 bits per heavy atom.